The van der Waals surface area contributed by atoms with Crippen LogP contribution in [0.3, 0.4) is 0 Å². The molecule has 0 radical (unpaired) electrons. The van der Waals surface area contributed by atoms with Crippen LogP contribution < -0.4 is 4.90 Å². The molecule has 0 spiro atoms. The van der Waals surface area contributed by atoms with Crippen molar-refractivity contribution in [2.24, 2.45) is 0 Å². The quantitative estimate of drug-likeness (QED) is 0.683. The van der Waals surface area contributed by atoms with Gasteiger partial charge < -0.3 is 4.90 Å². The molecule has 4 nitrogen and oxygen atoms in total. The number of thioether (sulfide) groups is 1. The first-order valence-corrected chi connectivity index (χ1v) is 5.60. The number of nitrogens with zero attached hydrogens (tertiary/aromatic N) is 4. The van der Waals surface area contributed by atoms with Gasteiger partial charge in [0.05, 0.1) is 0 Å². The number of aromatic nitrogens is 2. The fraction of sp³-hybridized carbons (Fsp3) is 0.444. The van der Waals surface area contributed by atoms with E-state index in [4.69, 9.17) is 5.26 Å². The summed E-state index contributed by atoms with van der Waals surface area (Å²) in [4.78, 5) is 10.2. The van der Waals surface area contributed by atoms with E-state index in [0.717, 1.165) is 30.4 Å². The highest BCUT2D eigenvalue weighted by molar-refractivity contribution is 7.99. The number of rotatable bonds is 1. The second-order valence-electron chi connectivity index (χ2n) is 2.97. The highest BCUT2D eigenvalue weighted by Gasteiger charge is 2.12. The van der Waals surface area contributed by atoms with Gasteiger partial charge in [0, 0.05) is 30.7 Å². The van der Waals surface area contributed by atoms with Gasteiger partial charge in [0.1, 0.15) is 23.9 Å². The van der Waals surface area contributed by atoms with Crippen LogP contribution in [0.4, 0.5) is 5.82 Å². The van der Waals surface area contributed by atoms with Crippen molar-refractivity contribution < 1.29 is 0 Å². The predicted octanol–water partition coefficient (Wildman–Crippen LogP) is 0.901. The summed E-state index contributed by atoms with van der Waals surface area (Å²) in [6, 6.07) is 3.77. The van der Waals surface area contributed by atoms with Crippen molar-refractivity contribution in [2.45, 2.75) is 0 Å². The van der Waals surface area contributed by atoms with E-state index in [0.29, 0.717) is 5.69 Å². The van der Waals surface area contributed by atoms with Crippen LogP contribution in [-0.2, 0) is 0 Å². The van der Waals surface area contributed by atoms with Crippen molar-refractivity contribution in [1.82, 2.24) is 9.97 Å². The van der Waals surface area contributed by atoms with Crippen molar-refractivity contribution in [3.8, 4) is 6.07 Å². The van der Waals surface area contributed by atoms with Crippen molar-refractivity contribution in [1.29, 1.82) is 5.26 Å². The van der Waals surface area contributed by atoms with Crippen LogP contribution in [0.25, 0.3) is 0 Å². The molecule has 0 amide bonds. The monoisotopic (exact) mass is 206 g/mol. The normalized spacial score (nSPS) is 16.4. The Bertz CT molecular complexity index is 354. The number of hydrogen-bond donors (Lipinski definition) is 0. The molecule has 14 heavy (non-hydrogen) atoms. The Labute approximate surface area is 87.0 Å². The Balaban J connectivity index is 2.18. The molecule has 1 fully saturated rings. The summed E-state index contributed by atoms with van der Waals surface area (Å²) in [5.74, 6) is 3.13. The highest BCUT2D eigenvalue weighted by atomic mass is 32.2. The van der Waals surface area contributed by atoms with Crippen molar-refractivity contribution in [3.63, 3.8) is 0 Å². The van der Waals surface area contributed by atoms with Gasteiger partial charge in [-0.3, -0.25) is 0 Å². The van der Waals surface area contributed by atoms with Gasteiger partial charge in [0.2, 0.25) is 0 Å². The number of hydrogen-bond acceptors (Lipinski definition) is 5. The molecular formula is C9H10N4S. The van der Waals surface area contributed by atoms with Gasteiger partial charge in [0.15, 0.2) is 0 Å². The second-order valence-corrected chi connectivity index (χ2v) is 4.20. The molecule has 72 valence electrons. The third-order valence-corrected chi connectivity index (χ3v) is 3.04. The Kier molecular flexibility index (Phi) is 2.84. The zero-order valence-electron chi connectivity index (χ0n) is 7.68. The molecule has 0 aromatic carbocycles. The summed E-state index contributed by atoms with van der Waals surface area (Å²) >= 11 is 1.95. The minimum atomic E-state index is 0.438. The molecule has 0 saturated carbocycles. The minimum Gasteiger partial charge on any atom is -0.355 e. The molecule has 1 saturated heterocycles. The van der Waals surface area contributed by atoms with Gasteiger partial charge in [-0.2, -0.15) is 17.0 Å². The van der Waals surface area contributed by atoms with E-state index in [2.05, 4.69) is 14.9 Å². The molecule has 0 bridgehead atoms. The van der Waals surface area contributed by atoms with Gasteiger partial charge in [-0.15, -0.1) is 0 Å². The molecule has 1 aliphatic heterocycles. The predicted molar refractivity (Wildman–Crippen MR) is 56.3 cm³/mol. The fourth-order valence-corrected chi connectivity index (χ4v) is 2.28. The lowest BCUT2D eigenvalue weighted by atomic mass is 10.4. The Hall–Kier alpha value is -1.28. The molecule has 5 heteroatoms. The molecule has 0 N–H and O–H groups in total. The van der Waals surface area contributed by atoms with E-state index in [1.807, 2.05) is 17.8 Å². The Morgan fingerprint density at radius 2 is 2.14 bits per heavy atom. The zero-order valence-corrected chi connectivity index (χ0v) is 8.50. The first-order valence-electron chi connectivity index (χ1n) is 4.45. The lowest BCUT2D eigenvalue weighted by Crippen LogP contribution is -2.33. The Morgan fingerprint density at radius 1 is 1.36 bits per heavy atom. The molecule has 1 aromatic heterocycles. The average molecular weight is 206 g/mol. The molecule has 1 aliphatic rings. The standard InChI is InChI=1S/C9H10N4S/c10-6-8-5-9(12-7-11-8)13-1-3-14-4-2-13/h5,7H,1-4H2. The van der Waals surface area contributed by atoms with Gasteiger partial charge in [-0.1, -0.05) is 0 Å². The molecule has 0 unspecified atom stereocenters. The lowest BCUT2D eigenvalue weighted by Gasteiger charge is -2.27. The smallest absolute Gasteiger partial charge is 0.145 e. The maximum Gasteiger partial charge on any atom is 0.145 e. The zero-order chi connectivity index (χ0) is 9.80. The van der Waals surface area contributed by atoms with Gasteiger partial charge >= 0.3 is 0 Å². The van der Waals surface area contributed by atoms with Crippen LogP contribution >= 0.6 is 11.8 Å². The molecule has 2 rings (SSSR count). The minimum absolute atomic E-state index is 0.438. The lowest BCUT2D eigenvalue weighted by molar-refractivity contribution is 0.834. The summed E-state index contributed by atoms with van der Waals surface area (Å²) < 4.78 is 0. The third-order valence-electron chi connectivity index (χ3n) is 2.10. The van der Waals surface area contributed by atoms with Gasteiger partial charge in [-0.25, -0.2) is 9.97 Å². The SMILES string of the molecule is N#Cc1cc(N2CCSCC2)ncn1. The maximum atomic E-state index is 8.70. The molecular weight excluding hydrogens is 196 g/mol. The van der Waals surface area contributed by atoms with Gasteiger partial charge in [-0.05, 0) is 0 Å². The van der Waals surface area contributed by atoms with E-state index >= 15 is 0 Å². The van der Waals surface area contributed by atoms with Crippen molar-refractivity contribution in [3.05, 3.63) is 18.1 Å². The topological polar surface area (TPSA) is 52.8 Å². The summed E-state index contributed by atoms with van der Waals surface area (Å²) in [6.45, 7) is 2.01. The summed E-state index contributed by atoms with van der Waals surface area (Å²) in [6.07, 6.45) is 1.45. The number of anilines is 1. The summed E-state index contributed by atoms with van der Waals surface area (Å²) in [5.41, 5.74) is 0.438. The van der Waals surface area contributed by atoms with Crippen molar-refractivity contribution in [2.75, 3.05) is 29.5 Å². The molecule has 1 aromatic rings. The molecule has 0 aliphatic carbocycles. The maximum absolute atomic E-state index is 8.70. The van der Waals surface area contributed by atoms with Crippen LogP contribution in [0.2, 0.25) is 0 Å². The Morgan fingerprint density at radius 3 is 2.86 bits per heavy atom. The van der Waals surface area contributed by atoms with E-state index < -0.39 is 0 Å². The van der Waals surface area contributed by atoms with Crippen LogP contribution in [0.15, 0.2) is 12.4 Å². The van der Waals surface area contributed by atoms with Crippen LogP contribution in [0, 0.1) is 11.3 Å². The first kappa shape index (κ1) is 9.28. The second kappa shape index (κ2) is 4.29. The summed E-state index contributed by atoms with van der Waals surface area (Å²) in [5, 5.41) is 8.70. The average Bonchev–Trinajstić information content (AvgIpc) is 2.30. The highest BCUT2D eigenvalue weighted by Crippen LogP contribution is 2.16. The molecule has 0 atom stereocenters. The van der Waals surface area contributed by atoms with E-state index in [1.54, 1.807) is 6.07 Å². The largest absolute Gasteiger partial charge is 0.355 e. The fourth-order valence-electron chi connectivity index (χ4n) is 1.37. The van der Waals surface area contributed by atoms with Crippen LogP contribution in [0.5, 0.6) is 0 Å². The van der Waals surface area contributed by atoms with E-state index in [9.17, 15) is 0 Å². The van der Waals surface area contributed by atoms with Crippen LogP contribution in [-0.4, -0.2) is 34.6 Å². The van der Waals surface area contributed by atoms with E-state index in [1.165, 1.54) is 6.33 Å². The van der Waals surface area contributed by atoms with E-state index in [-0.39, 0.29) is 0 Å². The van der Waals surface area contributed by atoms with Gasteiger partial charge in [0.25, 0.3) is 0 Å². The summed E-state index contributed by atoms with van der Waals surface area (Å²) in [7, 11) is 0. The van der Waals surface area contributed by atoms with Crippen LogP contribution in [0.1, 0.15) is 5.69 Å². The van der Waals surface area contributed by atoms with Crippen molar-refractivity contribution >= 4 is 17.6 Å². The third kappa shape index (κ3) is 1.96. The first-order chi connectivity index (χ1) is 6.90. The number of nitriles is 1. The molecule has 2 heterocycles.